The molecule has 0 aliphatic carbocycles. The molecule has 106 valence electrons. The first-order chi connectivity index (χ1) is 9.52. The average molecular weight is 338 g/mol. The predicted octanol–water partition coefficient (Wildman–Crippen LogP) is 4.48. The molecule has 0 saturated heterocycles. The molecule has 2 aromatic rings. The lowest BCUT2D eigenvalue weighted by atomic mass is 10.1. The Bertz CT molecular complexity index is 629. The zero-order chi connectivity index (χ0) is 14.7. The van der Waals surface area contributed by atoms with Gasteiger partial charge in [0.15, 0.2) is 5.82 Å². The lowest BCUT2D eigenvalue weighted by Gasteiger charge is -2.12. The van der Waals surface area contributed by atoms with E-state index in [0.29, 0.717) is 5.82 Å². The lowest BCUT2D eigenvalue weighted by molar-refractivity contribution is 0.627. The van der Waals surface area contributed by atoms with E-state index in [2.05, 4.69) is 38.1 Å². The van der Waals surface area contributed by atoms with Gasteiger partial charge in [0.1, 0.15) is 11.6 Å². The van der Waals surface area contributed by atoms with Crippen molar-refractivity contribution in [3.05, 3.63) is 39.7 Å². The van der Waals surface area contributed by atoms with Crippen LogP contribution in [-0.4, -0.2) is 16.5 Å². The minimum atomic E-state index is -0.280. The van der Waals surface area contributed by atoms with Crippen molar-refractivity contribution >= 4 is 21.7 Å². The van der Waals surface area contributed by atoms with Crippen LogP contribution in [0.25, 0.3) is 11.4 Å². The van der Waals surface area contributed by atoms with E-state index in [1.54, 1.807) is 6.07 Å². The van der Waals surface area contributed by atoms with Gasteiger partial charge < -0.3 is 5.32 Å². The molecular formula is C15H17BrFN3. The van der Waals surface area contributed by atoms with Gasteiger partial charge in [0.2, 0.25) is 0 Å². The number of aryl methyl sites for hydroxylation is 2. The highest BCUT2D eigenvalue weighted by molar-refractivity contribution is 9.10. The van der Waals surface area contributed by atoms with Crippen molar-refractivity contribution in [3.8, 4) is 11.4 Å². The van der Waals surface area contributed by atoms with Crippen LogP contribution in [0.3, 0.4) is 0 Å². The number of hydrogen-bond acceptors (Lipinski definition) is 3. The van der Waals surface area contributed by atoms with Crippen LogP contribution in [0.2, 0.25) is 0 Å². The van der Waals surface area contributed by atoms with Gasteiger partial charge >= 0.3 is 0 Å². The van der Waals surface area contributed by atoms with Gasteiger partial charge in [-0.3, -0.25) is 0 Å². The molecule has 0 atom stereocenters. The molecule has 5 heteroatoms. The molecule has 1 aromatic carbocycles. The first kappa shape index (κ1) is 14.9. The number of benzene rings is 1. The normalized spacial score (nSPS) is 10.7. The van der Waals surface area contributed by atoms with Crippen molar-refractivity contribution in [2.45, 2.75) is 27.2 Å². The van der Waals surface area contributed by atoms with Gasteiger partial charge in [0.05, 0.1) is 10.2 Å². The highest BCUT2D eigenvalue weighted by atomic mass is 79.9. The van der Waals surface area contributed by atoms with E-state index in [1.165, 1.54) is 12.1 Å². The molecule has 0 unspecified atom stereocenters. The maximum atomic E-state index is 13.4. The van der Waals surface area contributed by atoms with Crippen molar-refractivity contribution in [1.29, 1.82) is 0 Å². The van der Waals surface area contributed by atoms with Gasteiger partial charge in [0, 0.05) is 12.1 Å². The van der Waals surface area contributed by atoms with Crippen LogP contribution in [0.15, 0.2) is 22.7 Å². The van der Waals surface area contributed by atoms with Crippen LogP contribution in [0.5, 0.6) is 0 Å². The van der Waals surface area contributed by atoms with Crippen LogP contribution in [0.1, 0.15) is 24.6 Å². The summed E-state index contributed by atoms with van der Waals surface area (Å²) in [7, 11) is 0. The van der Waals surface area contributed by atoms with E-state index >= 15 is 0 Å². The molecular weight excluding hydrogens is 321 g/mol. The second-order valence-corrected chi connectivity index (χ2v) is 5.47. The van der Waals surface area contributed by atoms with Crippen molar-refractivity contribution in [2.24, 2.45) is 0 Å². The van der Waals surface area contributed by atoms with Crippen LogP contribution >= 0.6 is 15.9 Å². The van der Waals surface area contributed by atoms with Crippen LogP contribution in [-0.2, 0) is 0 Å². The van der Waals surface area contributed by atoms with Crippen LogP contribution < -0.4 is 5.32 Å². The molecule has 1 aromatic heterocycles. The fraction of sp³-hybridized carbons (Fsp3) is 0.333. The molecule has 3 nitrogen and oxygen atoms in total. The molecule has 0 amide bonds. The minimum absolute atomic E-state index is 0.280. The Kier molecular flexibility index (Phi) is 4.70. The fourth-order valence-corrected chi connectivity index (χ4v) is 2.19. The summed E-state index contributed by atoms with van der Waals surface area (Å²) in [5, 5.41) is 3.26. The molecule has 0 aliphatic rings. The van der Waals surface area contributed by atoms with E-state index in [4.69, 9.17) is 0 Å². The zero-order valence-electron chi connectivity index (χ0n) is 11.8. The standard InChI is InChI=1S/C15H17BrFN3/c1-4-7-18-15-13(16)10(3)19-14(20-15)12-8-11(17)6-5-9(12)2/h5-6,8H,4,7H2,1-3H3,(H,18,19,20). The lowest BCUT2D eigenvalue weighted by Crippen LogP contribution is -2.06. The quantitative estimate of drug-likeness (QED) is 0.893. The van der Waals surface area contributed by atoms with E-state index in [-0.39, 0.29) is 5.82 Å². The Morgan fingerprint density at radius 1 is 1.25 bits per heavy atom. The molecule has 2 rings (SSSR count). The van der Waals surface area contributed by atoms with E-state index in [9.17, 15) is 4.39 Å². The summed E-state index contributed by atoms with van der Waals surface area (Å²) in [5.41, 5.74) is 2.51. The molecule has 1 N–H and O–H groups in total. The molecule has 0 saturated carbocycles. The number of hydrogen-bond donors (Lipinski definition) is 1. The highest BCUT2D eigenvalue weighted by Gasteiger charge is 2.12. The minimum Gasteiger partial charge on any atom is -0.369 e. The number of rotatable bonds is 4. The van der Waals surface area contributed by atoms with Crippen molar-refractivity contribution in [3.63, 3.8) is 0 Å². The monoisotopic (exact) mass is 337 g/mol. The summed E-state index contributed by atoms with van der Waals surface area (Å²) in [6.45, 7) is 6.75. The first-order valence-electron chi connectivity index (χ1n) is 6.57. The summed E-state index contributed by atoms with van der Waals surface area (Å²) in [5.74, 6) is 1.01. The van der Waals surface area contributed by atoms with Gasteiger partial charge in [-0.05, 0) is 53.9 Å². The molecule has 20 heavy (non-hydrogen) atoms. The van der Waals surface area contributed by atoms with Gasteiger partial charge in [-0.1, -0.05) is 13.0 Å². The molecule has 1 heterocycles. The summed E-state index contributed by atoms with van der Waals surface area (Å²) < 4.78 is 14.3. The average Bonchev–Trinajstić information content (AvgIpc) is 2.43. The maximum absolute atomic E-state index is 13.4. The largest absolute Gasteiger partial charge is 0.369 e. The first-order valence-corrected chi connectivity index (χ1v) is 7.36. The molecule has 0 radical (unpaired) electrons. The van der Waals surface area contributed by atoms with E-state index < -0.39 is 0 Å². The van der Waals surface area contributed by atoms with Gasteiger partial charge in [-0.15, -0.1) is 0 Å². The summed E-state index contributed by atoms with van der Waals surface area (Å²) >= 11 is 3.49. The highest BCUT2D eigenvalue weighted by Crippen LogP contribution is 2.28. The fourth-order valence-electron chi connectivity index (χ4n) is 1.88. The Labute approximate surface area is 126 Å². The Hall–Kier alpha value is -1.49. The molecule has 0 aliphatic heterocycles. The van der Waals surface area contributed by atoms with Crippen molar-refractivity contribution < 1.29 is 4.39 Å². The number of anilines is 1. The van der Waals surface area contributed by atoms with Gasteiger partial charge in [-0.2, -0.15) is 0 Å². The topological polar surface area (TPSA) is 37.8 Å². The second-order valence-electron chi connectivity index (χ2n) is 4.68. The maximum Gasteiger partial charge on any atom is 0.162 e. The smallest absolute Gasteiger partial charge is 0.162 e. The second kappa shape index (κ2) is 6.31. The molecule has 0 spiro atoms. The van der Waals surface area contributed by atoms with Gasteiger partial charge in [-0.25, -0.2) is 14.4 Å². The Morgan fingerprint density at radius 2 is 2.00 bits per heavy atom. The zero-order valence-corrected chi connectivity index (χ0v) is 13.4. The third-order valence-electron chi connectivity index (χ3n) is 3.00. The number of nitrogens with zero attached hydrogens (tertiary/aromatic N) is 2. The van der Waals surface area contributed by atoms with Gasteiger partial charge in [0.25, 0.3) is 0 Å². The third kappa shape index (κ3) is 3.15. The molecule has 0 fully saturated rings. The number of halogens is 2. The number of nitrogens with one attached hydrogen (secondary N) is 1. The summed E-state index contributed by atoms with van der Waals surface area (Å²) in [4.78, 5) is 8.96. The summed E-state index contributed by atoms with van der Waals surface area (Å²) in [6, 6.07) is 4.66. The Balaban J connectivity index is 2.51. The van der Waals surface area contributed by atoms with Crippen LogP contribution in [0.4, 0.5) is 10.2 Å². The predicted molar refractivity (Wildman–Crippen MR) is 83.4 cm³/mol. The molecule has 0 bridgehead atoms. The summed E-state index contributed by atoms with van der Waals surface area (Å²) in [6.07, 6.45) is 1.00. The number of aromatic nitrogens is 2. The third-order valence-corrected chi connectivity index (χ3v) is 3.95. The SMILES string of the molecule is CCCNc1nc(-c2cc(F)ccc2C)nc(C)c1Br. The van der Waals surface area contributed by atoms with E-state index in [1.807, 2.05) is 13.8 Å². The Morgan fingerprint density at radius 3 is 2.70 bits per heavy atom. The van der Waals surface area contributed by atoms with Crippen LogP contribution in [0, 0.1) is 19.7 Å². The van der Waals surface area contributed by atoms with Crippen molar-refractivity contribution in [1.82, 2.24) is 9.97 Å². The van der Waals surface area contributed by atoms with E-state index in [0.717, 1.165) is 40.1 Å². The van der Waals surface area contributed by atoms with Crippen molar-refractivity contribution in [2.75, 3.05) is 11.9 Å².